The summed E-state index contributed by atoms with van der Waals surface area (Å²) in [5.74, 6) is -0.382. The quantitative estimate of drug-likeness (QED) is 0.538. The Bertz CT molecular complexity index is 785. The molecule has 0 saturated carbocycles. The Hall–Kier alpha value is -2.81. The Labute approximate surface area is 159 Å². The van der Waals surface area contributed by atoms with Crippen LogP contribution in [0.4, 0.5) is 0 Å². The molecule has 8 nitrogen and oxygen atoms in total. The summed E-state index contributed by atoms with van der Waals surface area (Å²) in [5.41, 5.74) is -0.0848. The van der Waals surface area contributed by atoms with Crippen LogP contribution < -0.4 is 14.2 Å². The van der Waals surface area contributed by atoms with Crippen LogP contribution in [0.5, 0.6) is 29.3 Å². The largest absolute Gasteiger partial charge is 0.507 e. The molecule has 0 fully saturated rings. The number of carbonyl (C=O) groups is 1. The zero-order chi connectivity index (χ0) is 20.0. The van der Waals surface area contributed by atoms with Gasteiger partial charge in [-0.2, -0.15) is 9.97 Å². The molecule has 1 heterocycles. The van der Waals surface area contributed by atoms with Crippen molar-refractivity contribution in [3.05, 3.63) is 29.8 Å². The van der Waals surface area contributed by atoms with Crippen molar-refractivity contribution < 1.29 is 28.8 Å². The van der Waals surface area contributed by atoms with Crippen molar-refractivity contribution in [1.82, 2.24) is 9.97 Å². The first-order chi connectivity index (χ1) is 12.7. The number of aromatic hydroxyl groups is 1. The van der Waals surface area contributed by atoms with Crippen LogP contribution in [0.25, 0.3) is 0 Å². The van der Waals surface area contributed by atoms with Crippen LogP contribution in [0.1, 0.15) is 10.4 Å². The molecule has 0 bridgehead atoms. The number of rotatable bonds is 8. The molecule has 2 rings (SSSR count). The molecule has 0 atom stereocenters. The van der Waals surface area contributed by atoms with Gasteiger partial charge >= 0.3 is 12.0 Å². The summed E-state index contributed by atoms with van der Waals surface area (Å²) >= 11 is 0. The van der Waals surface area contributed by atoms with Gasteiger partial charge in [-0.3, -0.25) is 0 Å². The summed E-state index contributed by atoms with van der Waals surface area (Å²) in [6.07, 6.45) is 0. The average molecular weight is 392 g/mol. The van der Waals surface area contributed by atoms with Crippen molar-refractivity contribution in [2.75, 3.05) is 20.8 Å². The van der Waals surface area contributed by atoms with Gasteiger partial charge in [-0.25, -0.2) is 4.79 Å². The van der Waals surface area contributed by atoms with Crippen molar-refractivity contribution in [3.63, 3.8) is 0 Å². The third-order valence-corrected chi connectivity index (χ3v) is 5.28. The molecule has 0 aliphatic heterocycles. The lowest BCUT2D eigenvalue weighted by Crippen LogP contribution is -2.22. The molecule has 0 unspecified atom stereocenters. The first-order valence-electron chi connectivity index (χ1n) is 8.37. The number of hydrogen-bond donors (Lipinski definition) is 1. The van der Waals surface area contributed by atoms with Crippen LogP contribution in [0, 0.1) is 0 Å². The summed E-state index contributed by atoms with van der Waals surface area (Å²) in [6, 6.07) is 6.66. The summed E-state index contributed by atoms with van der Waals surface area (Å²) in [5, 5.41) is 10.1. The van der Waals surface area contributed by atoms with Gasteiger partial charge in [0.25, 0.3) is 0 Å². The smallest absolute Gasteiger partial charge is 0.345 e. The number of methoxy groups -OCH3 is 2. The minimum absolute atomic E-state index is 0.0725. The van der Waals surface area contributed by atoms with E-state index in [4.69, 9.17) is 18.9 Å². The Morgan fingerprint density at radius 3 is 2.30 bits per heavy atom. The molecule has 1 aromatic carbocycles. The molecule has 9 heteroatoms. The Morgan fingerprint density at radius 2 is 1.74 bits per heavy atom. The summed E-state index contributed by atoms with van der Waals surface area (Å²) < 4.78 is 21.1. The summed E-state index contributed by atoms with van der Waals surface area (Å²) in [6.45, 7) is 6.83. The predicted molar refractivity (Wildman–Crippen MR) is 102 cm³/mol. The van der Waals surface area contributed by atoms with Gasteiger partial charge in [-0.15, -0.1) is 0 Å². The lowest BCUT2D eigenvalue weighted by Gasteiger charge is -2.16. The topological polar surface area (TPSA) is 100 Å². The molecule has 146 valence electrons. The molecule has 1 aromatic heterocycles. The maximum atomic E-state index is 12.5. The van der Waals surface area contributed by atoms with Gasteiger partial charge in [0.05, 0.1) is 26.9 Å². The number of phenols is 1. The normalized spacial score (nSPS) is 11.0. The Kier molecular flexibility index (Phi) is 6.62. The number of phenolic OH excluding ortho intramolecular Hbond substituents is 1. The van der Waals surface area contributed by atoms with Gasteiger partial charge in [0.15, 0.2) is 0 Å². The zero-order valence-corrected chi connectivity index (χ0v) is 17.1. The van der Waals surface area contributed by atoms with Crippen molar-refractivity contribution in [1.29, 1.82) is 0 Å². The highest BCUT2D eigenvalue weighted by Crippen LogP contribution is 2.32. The SMILES string of the molecule is COc1cc(OC)nc(Oc2cccc(O)c2C(=O)OCC[Si](C)(C)C)n1. The van der Waals surface area contributed by atoms with Gasteiger partial charge in [-0.05, 0) is 18.2 Å². The highest BCUT2D eigenvalue weighted by molar-refractivity contribution is 6.76. The number of carbonyl (C=O) groups excluding carboxylic acids is 1. The van der Waals surface area contributed by atoms with Gasteiger partial charge in [-0.1, -0.05) is 25.7 Å². The first kappa shape index (κ1) is 20.5. The van der Waals surface area contributed by atoms with Crippen molar-refractivity contribution in [3.8, 4) is 29.3 Å². The third kappa shape index (κ3) is 5.85. The number of esters is 1. The van der Waals surface area contributed by atoms with E-state index in [-0.39, 0.29) is 41.4 Å². The molecule has 0 radical (unpaired) electrons. The van der Waals surface area contributed by atoms with E-state index in [2.05, 4.69) is 29.6 Å². The number of aromatic nitrogens is 2. The maximum Gasteiger partial charge on any atom is 0.345 e. The van der Waals surface area contributed by atoms with E-state index in [1.807, 2.05) is 0 Å². The van der Waals surface area contributed by atoms with Gasteiger partial charge in [0.1, 0.15) is 17.1 Å². The van der Waals surface area contributed by atoms with Crippen LogP contribution in [0.3, 0.4) is 0 Å². The van der Waals surface area contributed by atoms with Gasteiger partial charge < -0.3 is 24.1 Å². The van der Waals surface area contributed by atoms with Crippen molar-refractivity contribution in [2.45, 2.75) is 25.7 Å². The van der Waals surface area contributed by atoms with E-state index < -0.39 is 14.0 Å². The van der Waals surface area contributed by atoms with E-state index in [9.17, 15) is 9.90 Å². The molecular weight excluding hydrogens is 368 g/mol. The van der Waals surface area contributed by atoms with E-state index in [1.165, 1.54) is 32.4 Å². The second-order valence-corrected chi connectivity index (χ2v) is 12.6. The van der Waals surface area contributed by atoms with E-state index in [1.54, 1.807) is 6.07 Å². The summed E-state index contributed by atoms with van der Waals surface area (Å²) in [7, 11) is 1.54. The van der Waals surface area contributed by atoms with Crippen molar-refractivity contribution in [2.24, 2.45) is 0 Å². The van der Waals surface area contributed by atoms with Crippen LogP contribution >= 0.6 is 0 Å². The zero-order valence-electron chi connectivity index (χ0n) is 16.1. The Morgan fingerprint density at radius 1 is 1.11 bits per heavy atom. The Balaban J connectivity index is 2.26. The van der Waals surface area contributed by atoms with Gasteiger partial charge in [0, 0.05) is 8.07 Å². The number of ether oxygens (including phenoxy) is 4. The molecule has 1 N–H and O–H groups in total. The number of hydrogen-bond acceptors (Lipinski definition) is 8. The molecule has 0 aliphatic rings. The molecule has 0 amide bonds. The van der Waals surface area contributed by atoms with Gasteiger partial charge in [0.2, 0.25) is 11.8 Å². The van der Waals surface area contributed by atoms with Crippen LogP contribution in [-0.4, -0.2) is 49.9 Å². The van der Waals surface area contributed by atoms with Crippen molar-refractivity contribution >= 4 is 14.0 Å². The summed E-state index contributed by atoms with van der Waals surface area (Å²) in [4.78, 5) is 20.6. The average Bonchev–Trinajstić information content (AvgIpc) is 2.60. The van der Waals surface area contributed by atoms with Crippen LogP contribution in [0.2, 0.25) is 25.7 Å². The second-order valence-electron chi connectivity index (χ2n) is 6.93. The van der Waals surface area contributed by atoms with Crippen LogP contribution in [0.15, 0.2) is 24.3 Å². The highest BCUT2D eigenvalue weighted by Gasteiger charge is 2.22. The lowest BCUT2D eigenvalue weighted by molar-refractivity contribution is 0.0519. The number of benzene rings is 1. The predicted octanol–water partition coefficient (Wildman–Crippen LogP) is 3.49. The fourth-order valence-corrected chi connectivity index (χ4v) is 2.78. The van der Waals surface area contributed by atoms with E-state index in [0.717, 1.165) is 6.04 Å². The second kappa shape index (κ2) is 8.72. The minimum Gasteiger partial charge on any atom is -0.507 e. The molecule has 0 saturated heterocycles. The van der Waals surface area contributed by atoms with E-state index in [0.29, 0.717) is 0 Å². The molecule has 0 spiro atoms. The lowest BCUT2D eigenvalue weighted by atomic mass is 10.2. The maximum absolute atomic E-state index is 12.5. The standard InChI is InChI=1S/C18H24N2O6Si/c1-23-14-11-15(24-2)20-18(19-14)26-13-8-6-7-12(21)16(13)17(22)25-9-10-27(3,4)5/h6-8,11,21H,9-10H2,1-5H3. The third-order valence-electron chi connectivity index (χ3n) is 3.57. The molecule has 0 aliphatic carbocycles. The molecule has 2 aromatic rings. The monoisotopic (exact) mass is 392 g/mol. The van der Waals surface area contributed by atoms with E-state index >= 15 is 0 Å². The highest BCUT2D eigenvalue weighted by atomic mass is 28.3. The number of nitrogens with zero attached hydrogens (tertiary/aromatic N) is 2. The minimum atomic E-state index is -1.35. The van der Waals surface area contributed by atoms with Crippen LogP contribution in [-0.2, 0) is 4.74 Å². The molecular formula is C18H24N2O6Si. The first-order valence-corrected chi connectivity index (χ1v) is 12.1. The molecule has 27 heavy (non-hydrogen) atoms. The fourth-order valence-electron chi connectivity index (χ4n) is 2.07. The fraction of sp³-hybridized carbons (Fsp3) is 0.389.